The molecule has 1 aliphatic heterocycles. The molecule has 0 amide bonds. The van der Waals surface area contributed by atoms with Crippen molar-refractivity contribution >= 4 is 0 Å². The summed E-state index contributed by atoms with van der Waals surface area (Å²) in [6.45, 7) is 6.24. The number of rotatable bonds is 5. The van der Waals surface area contributed by atoms with E-state index in [-0.39, 0.29) is 0 Å². The minimum absolute atomic E-state index is 0.344. The molecule has 1 aliphatic rings. The van der Waals surface area contributed by atoms with Gasteiger partial charge in [-0.2, -0.15) is 0 Å². The summed E-state index contributed by atoms with van der Waals surface area (Å²) in [5, 5.41) is 0. The summed E-state index contributed by atoms with van der Waals surface area (Å²) in [5.41, 5.74) is 1.13. The van der Waals surface area contributed by atoms with Crippen LogP contribution in [0.4, 0.5) is 0 Å². The van der Waals surface area contributed by atoms with Gasteiger partial charge in [0.05, 0.1) is 24.5 Å². The van der Waals surface area contributed by atoms with Gasteiger partial charge in [0.15, 0.2) is 0 Å². The third kappa shape index (κ3) is 3.24. The van der Waals surface area contributed by atoms with E-state index in [4.69, 9.17) is 9.40 Å². The highest BCUT2D eigenvalue weighted by molar-refractivity contribution is 5.29. The zero-order valence-corrected chi connectivity index (χ0v) is 14.8. The first-order chi connectivity index (χ1) is 12.2. The Hall–Kier alpha value is -2.40. The molecule has 0 aliphatic carbocycles. The molecule has 4 heterocycles. The molecule has 0 N–H and O–H groups in total. The van der Waals surface area contributed by atoms with E-state index in [9.17, 15) is 0 Å². The van der Waals surface area contributed by atoms with E-state index < -0.39 is 0 Å². The highest BCUT2D eigenvalue weighted by atomic mass is 16.3. The van der Waals surface area contributed by atoms with Crippen molar-refractivity contribution in [2.75, 3.05) is 6.54 Å². The molecule has 1 atom stereocenters. The lowest BCUT2D eigenvalue weighted by atomic mass is 10.1. The van der Waals surface area contributed by atoms with Crippen molar-refractivity contribution in [2.24, 2.45) is 0 Å². The molecule has 25 heavy (non-hydrogen) atoms. The summed E-state index contributed by atoms with van der Waals surface area (Å²) in [6.07, 6.45) is 7.92. The Morgan fingerprint density at radius 2 is 2.16 bits per heavy atom. The van der Waals surface area contributed by atoms with Gasteiger partial charge in [-0.1, -0.05) is 19.9 Å². The van der Waals surface area contributed by atoms with Gasteiger partial charge in [0.25, 0.3) is 0 Å². The van der Waals surface area contributed by atoms with Crippen LogP contribution in [0, 0.1) is 0 Å². The first-order valence-electron chi connectivity index (χ1n) is 8.99. The number of imidazole rings is 1. The van der Waals surface area contributed by atoms with Crippen LogP contribution in [0.3, 0.4) is 0 Å². The van der Waals surface area contributed by atoms with Crippen molar-refractivity contribution in [3.63, 3.8) is 0 Å². The van der Waals surface area contributed by atoms with Crippen LogP contribution < -0.4 is 0 Å². The first-order valence-corrected chi connectivity index (χ1v) is 8.99. The monoisotopic (exact) mass is 336 g/mol. The number of nitrogens with zero attached hydrogens (tertiary/aromatic N) is 4. The second-order valence-electron chi connectivity index (χ2n) is 6.94. The molecule has 1 saturated heterocycles. The molecule has 0 bridgehead atoms. The van der Waals surface area contributed by atoms with E-state index in [1.807, 2.05) is 24.5 Å². The Bertz CT molecular complexity index is 822. The number of hydrogen-bond donors (Lipinski definition) is 0. The molecule has 0 radical (unpaired) electrons. The lowest BCUT2D eigenvalue weighted by molar-refractivity contribution is 0.224. The molecular weight excluding hydrogens is 312 g/mol. The van der Waals surface area contributed by atoms with E-state index in [0.29, 0.717) is 12.0 Å². The maximum absolute atomic E-state index is 5.53. The van der Waals surface area contributed by atoms with Crippen LogP contribution in [-0.4, -0.2) is 26.0 Å². The lowest BCUT2D eigenvalue weighted by Gasteiger charge is -2.23. The fraction of sp³-hybridized carbons (Fsp3) is 0.400. The SMILES string of the molecule is CC(C)c1nccn1-c1cccc([C@H]2CCCN2Cc2ccco2)n1. The molecule has 5 nitrogen and oxygen atoms in total. The highest BCUT2D eigenvalue weighted by Crippen LogP contribution is 2.32. The minimum atomic E-state index is 0.344. The molecule has 0 aromatic carbocycles. The third-order valence-corrected chi connectivity index (χ3v) is 4.83. The average molecular weight is 336 g/mol. The van der Waals surface area contributed by atoms with Crippen molar-refractivity contribution in [2.45, 2.75) is 45.2 Å². The standard InChI is InChI=1S/C20H24N4O/c1-15(2)20-21-10-12-24(20)19-9-3-7-17(22-19)18-8-4-11-23(18)14-16-6-5-13-25-16/h3,5-7,9-10,12-13,15,18H,4,8,11,14H2,1-2H3/t18-/m1/s1. The average Bonchev–Trinajstić information content (AvgIpc) is 3.37. The lowest BCUT2D eigenvalue weighted by Crippen LogP contribution is -2.23. The molecule has 130 valence electrons. The van der Waals surface area contributed by atoms with Crippen LogP contribution >= 0.6 is 0 Å². The number of furan rings is 1. The second kappa shape index (κ2) is 6.84. The quantitative estimate of drug-likeness (QED) is 0.696. The topological polar surface area (TPSA) is 47.1 Å². The van der Waals surface area contributed by atoms with Gasteiger partial charge in [0.1, 0.15) is 17.4 Å². The van der Waals surface area contributed by atoms with Gasteiger partial charge in [-0.15, -0.1) is 0 Å². The Labute approximate surface area is 148 Å². The Kier molecular flexibility index (Phi) is 4.40. The van der Waals surface area contributed by atoms with Crippen molar-refractivity contribution in [3.8, 4) is 5.82 Å². The molecule has 0 saturated carbocycles. The van der Waals surface area contributed by atoms with Crippen LogP contribution in [0.2, 0.25) is 0 Å². The van der Waals surface area contributed by atoms with Gasteiger partial charge >= 0.3 is 0 Å². The van der Waals surface area contributed by atoms with Gasteiger partial charge in [-0.25, -0.2) is 9.97 Å². The van der Waals surface area contributed by atoms with Gasteiger partial charge in [-0.3, -0.25) is 9.47 Å². The Morgan fingerprint density at radius 1 is 1.24 bits per heavy atom. The van der Waals surface area contributed by atoms with Gasteiger partial charge in [0, 0.05) is 18.3 Å². The maximum atomic E-state index is 5.53. The number of aromatic nitrogens is 3. The Morgan fingerprint density at radius 3 is 2.96 bits per heavy atom. The molecule has 3 aromatic heterocycles. The number of hydrogen-bond acceptors (Lipinski definition) is 4. The summed E-state index contributed by atoms with van der Waals surface area (Å²) >= 11 is 0. The van der Waals surface area contributed by atoms with E-state index in [0.717, 1.165) is 42.6 Å². The predicted molar refractivity (Wildman–Crippen MR) is 96.5 cm³/mol. The molecule has 3 aromatic rings. The van der Waals surface area contributed by atoms with E-state index in [2.05, 4.69) is 46.5 Å². The van der Waals surface area contributed by atoms with Crippen molar-refractivity contribution in [3.05, 3.63) is 66.3 Å². The van der Waals surface area contributed by atoms with Gasteiger partial charge in [-0.05, 0) is 43.7 Å². The molecule has 0 unspecified atom stereocenters. The fourth-order valence-corrected chi connectivity index (χ4v) is 3.65. The van der Waals surface area contributed by atoms with Crippen molar-refractivity contribution in [1.29, 1.82) is 0 Å². The third-order valence-electron chi connectivity index (χ3n) is 4.83. The van der Waals surface area contributed by atoms with Crippen molar-refractivity contribution < 1.29 is 4.42 Å². The summed E-state index contributed by atoms with van der Waals surface area (Å²) in [6, 6.07) is 10.6. The zero-order valence-electron chi connectivity index (χ0n) is 14.8. The van der Waals surface area contributed by atoms with Crippen LogP contribution in [0.1, 0.15) is 55.9 Å². The molecule has 5 heteroatoms. The summed E-state index contributed by atoms with van der Waals surface area (Å²) < 4.78 is 7.63. The minimum Gasteiger partial charge on any atom is -0.468 e. The molecule has 1 fully saturated rings. The number of pyridine rings is 1. The van der Waals surface area contributed by atoms with E-state index in [1.54, 1.807) is 6.26 Å². The summed E-state index contributed by atoms with van der Waals surface area (Å²) in [4.78, 5) is 11.9. The van der Waals surface area contributed by atoms with E-state index in [1.165, 1.54) is 6.42 Å². The highest BCUT2D eigenvalue weighted by Gasteiger charge is 2.28. The Balaban J connectivity index is 1.61. The summed E-state index contributed by atoms with van der Waals surface area (Å²) in [7, 11) is 0. The number of likely N-dealkylation sites (tertiary alicyclic amines) is 1. The smallest absolute Gasteiger partial charge is 0.138 e. The largest absolute Gasteiger partial charge is 0.468 e. The zero-order chi connectivity index (χ0) is 17.2. The maximum Gasteiger partial charge on any atom is 0.138 e. The van der Waals surface area contributed by atoms with E-state index >= 15 is 0 Å². The molecular formula is C20H24N4O. The van der Waals surface area contributed by atoms with Crippen LogP contribution in [-0.2, 0) is 6.54 Å². The van der Waals surface area contributed by atoms with Crippen LogP contribution in [0.15, 0.2) is 53.4 Å². The van der Waals surface area contributed by atoms with Crippen LogP contribution in [0.25, 0.3) is 5.82 Å². The summed E-state index contributed by atoms with van der Waals surface area (Å²) in [5.74, 6) is 3.37. The fourth-order valence-electron chi connectivity index (χ4n) is 3.65. The van der Waals surface area contributed by atoms with Crippen molar-refractivity contribution in [1.82, 2.24) is 19.4 Å². The molecule has 0 spiro atoms. The molecule has 4 rings (SSSR count). The van der Waals surface area contributed by atoms with Gasteiger partial charge in [0.2, 0.25) is 0 Å². The van der Waals surface area contributed by atoms with Crippen LogP contribution in [0.5, 0.6) is 0 Å². The first kappa shape index (κ1) is 16.1. The predicted octanol–water partition coefficient (Wildman–Crippen LogP) is 4.32. The van der Waals surface area contributed by atoms with Gasteiger partial charge < -0.3 is 4.42 Å². The normalized spacial score (nSPS) is 18.3. The second-order valence-corrected chi connectivity index (χ2v) is 6.94.